The van der Waals surface area contributed by atoms with Gasteiger partial charge in [0, 0.05) is 12.6 Å². The minimum atomic E-state index is -0.604. The van der Waals surface area contributed by atoms with Crippen molar-refractivity contribution in [2.75, 3.05) is 13.1 Å². The van der Waals surface area contributed by atoms with E-state index in [-0.39, 0.29) is 5.92 Å². The van der Waals surface area contributed by atoms with Crippen LogP contribution >= 0.6 is 0 Å². The third-order valence-electron chi connectivity index (χ3n) is 5.14. The van der Waals surface area contributed by atoms with Crippen LogP contribution < -0.4 is 0 Å². The van der Waals surface area contributed by atoms with Gasteiger partial charge in [-0.15, -0.1) is 0 Å². The van der Waals surface area contributed by atoms with Gasteiger partial charge in [0.05, 0.1) is 5.92 Å². The van der Waals surface area contributed by atoms with Crippen LogP contribution in [0.25, 0.3) is 0 Å². The third-order valence-corrected chi connectivity index (χ3v) is 5.14. The number of hydrogen-bond donors (Lipinski definition) is 1. The highest BCUT2D eigenvalue weighted by Crippen LogP contribution is 2.35. The number of rotatable bonds is 2. The summed E-state index contributed by atoms with van der Waals surface area (Å²) in [5.74, 6) is 1.17. The molecule has 3 heteroatoms. The van der Waals surface area contributed by atoms with Crippen molar-refractivity contribution in [1.82, 2.24) is 4.90 Å². The van der Waals surface area contributed by atoms with Crippen molar-refractivity contribution in [3.8, 4) is 0 Å². The molecule has 3 nitrogen and oxygen atoms in total. The second-order valence-corrected chi connectivity index (χ2v) is 6.67. The lowest BCUT2D eigenvalue weighted by Crippen LogP contribution is -2.50. The fourth-order valence-corrected chi connectivity index (χ4v) is 3.86. The van der Waals surface area contributed by atoms with Crippen LogP contribution in [0.1, 0.15) is 46.5 Å². The first kappa shape index (κ1) is 13.9. The highest BCUT2D eigenvalue weighted by Gasteiger charge is 2.37. The Kier molecular flexibility index (Phi) is 4.31. The minimum Gasteiger partial charge on any atom is -0.481 e. The second-order valence-electron chi connectivity index (χ2n) is 6.67. The highest BCUT2D eigenvalue weighted by molar-refractivity contribution is 5.70. The summed E-state index contributed by atoms with van der Waals surface area (Å²) in [4.78, 5) is 13.7. The predicted octanol–water partition coefficient (Wildman–Crippen LogP) is 2.85. The zero-order valence-electron chi connectivity index (χ0n) is 11.9. The Morgan fingerprint density at radius 2 is 1.83 bits per heavy atom. The normalized spacial score (nSPS) is 42.7. The lowest BCUT2D eigenvalue weighted by molar-refractivity contribution is -0.146. The molecule has 0 spiro atoms. The molecular weight excluding hydrogens is 226 g/mol. The number of nitrogens with zero attached hydrogens (tertiary/aromatic N) is 1. The van der Waals surface area contributed by atoms with E-state index in [4.69, 9.17) is 0 Å². The van der Waals surface area contributed by atoms with Crippen molar-refractivity contribution in [2.45, 2.75) is 52.5 Å². The summed E-state index contributed by atoms with van der Waals surface area (Å²) < 4.78 is 0. The quantitative estimate of drug-likeness (QED) is 0.822. The van der Waals surface area contributed by atoms with Crippen molar-refractivity contribution in [2.24, 2.45) is 23.7 Å². The molecule has 1 saturated heterocycles. The molecule has 2 rings (SSSR count). The van der Waals surface area contributed by atoms with E-state index in [0.717, 1.165) is 31.3 Å². The average molecular weight is 253 g/mol. The zero-order chi connectivity index (χ0) is 13.3. The number of likely N-dealkylation sites (tertiary alicyclic amines) is 1. The summed E-state index contributed by atoms with van der Waals surface area (Å²) in [7, 11) is 0. The topological polar surface area (TPSA) is 40.5 Å². The van der Waals surface area contributed by atoms with Gasteiger partial charge in [-0.05, 0) is 43.6 Å². The van der Waals surface area contributed by atoms with E-state index in [9.17, 15) is 9.90 Å². The number of hydrogen-bond acceptors (Lipinski definition) is 2. The summed E-state index contributed by atoms with van der Waals surface area (Å²) >= 11 is 0. The molecule has 2 fully saturated rings. The maximum Gasteiger partial charge on any atom is 0.306 e. The van der Waals surface area contributed by atoms with Gasteiger partial charge in [0.2, 0.25) is 0 Å². The first-order valence-electron chi connectivity index (χ1n) is 7.46. The molecule has 1 heterocycles. The summed E-state index contributed by atoms with van der Waals surface area (Å²) in [6, 6.07) is 0.686. The number of carboxylic acid groups (broad SMARTS) is 1. The molecular formula is C15H27NO2. The molecule has 0 aromatic carbocycles. The van der Waals surface area contributed by atoms with Crippen LogP contribution in [0.15, 0.2) is 0 Å². The maximum atomic E-state index is 11.1. The number of piperidine rings is 1. The molecule has 1 saturated carbocycles. The molecule has 0 aromatic rings. The number of carboxylic acids is 1. The van der Waals surface area contributed by atoms with E-state index in [1.54, 1.807) is 0 Å². The highest BCUT2D eigenvalue weighted by atomic mass is 16.4. The van der Waals surface area contributed by atoms with Gasteiger partial charge in [-0.2, -0.15) is 0 Å². The van der Waals surface area contributed by atoms with E-state index >= 15 is 0 Å². The van der Waals surface area contributed by atoms with Crippen molar-refractivity contribution < 1.29 is 9.90 Å². The molecule has 1 aliphatic carbocycles. The van der Waals surface area contributed by atoms with E-state index in [2.05, 4.69) is 25.7 Å². The lowest BCUT2D eigenvalue weighted by Gasteiger charge is -2.45. The molecule has 5 unspecified atom stereocenters. The first-order valence-corrected chi connectivity index (χ1v) is 7.46. The van der Waals surface area contributed by atoms with Crippen LogP contribution in [0.4, 0.5) is 0 Å². The monoisotopic (exact) mass is 253 g/mol. The molecule has 104 valence electrons. The summed E-state index contributed by atoms with van der Waals surface area (Å²) in [5, 5.41) is 9.18. The molecule has 1 aliphatic heterocycles. The minimum absolute atomic E-state index is 0.127. The second kappa shape index (κ2) is 5.60. The molecule has 18 heavy (non-hydrogen) atoms. The summed E-state index contributed by atoms with van der Waals surface area (Å²) in [5.41, 5.74) is 0. The van der Waals surface area contributed by atoms with Gasteiger partial charge >= 0.3 is 5.97 Å². The van der Waals surface area contributed by atoms with Crippen molar-refractivity contribution in [3.05, 3.63) is 0 Å². The molecule has 5 atom stereocenters. The fraction of sp³-hybridized carbons (Fsp3) is 0.933. The largest absolute Gasteiger partial charge is 0.481 e. The van der Waals surface area contributed by atoms with E-state index < -0.39 is 5.97 Å². The van der Waals surface area contributed by atoms with E-state index in [1.807, 2.05) is 0 Å². The lowest BCUT2D eigenvalue weighted by atomic mass is 9.77. The first-order chi connectivity index (χ1) is 8.49. The van der Waals surface area contributed by atoms with Gasteiger partial charge in [-0.1, -0.05) is 27.2 Å². The van der Waals surface area contributed by atoms with Crippen LogP contribution in [0.2, 0.25) is 0 Å². The smallest absolute Gasteiger partial charge is 0.306 e. The molecule has 0 aromatic heterocycles. The average Bonchev–Trinajstić information content (AvgIpc) is 2.31. The van der Waals surface area contributed by atoms with Gasteiger partial charge in [0.1, 0.15) is 0 Å². The number of aliphatic carboxylic acids is 1. The molecule has 0 bridgehead atoms. The van der Waals surface area contributed by atoms with Crippen LogP contribution in [-0.4, -0.2) is 35.1 Å². The van der Waals surface area contributed by atoms with Crippen LogP contribution in [0.3, 0.4) is 0 Å². The van der Waals surface area contributed by atoms with Crippen LogP contribution in [-0.2, 0) is 4.79 Å². The summed E-state index contributed by atoms with van der Waals surface area (Å²) in [6.45, 7) is 8.76. The van der Waals surface area contributed by atoms with Gasteiger partial charge in [-0.25, -0.2) is 0 Å². The number of carbonyl (C=O) groups is 1. The van der Waals surface area contributed by atoms with Crippen molar-refractivity contribution in [1.29, 1.82) is 0 Å². The molecule has 0 amide bonds. The SMILES string of the molecule is CC1CCC(C)C(N2CCC(C(=O)O)C(C)C2)C1. The van der Waals surface area contributed by atoms with E-state index in [0.29, 0.717) is 12.0 Å². The zero-order valence-corrected chi connectivity index (χ0v) is 11.9. The third kappa shape index (κ3) is 2.87. The Labute approximate surface area is 111 Å². The van der Waals surface area contributed by atoms with Crippen LogP contribution in [0.5, 0.6) is 0 Å². The van der Waals surface area contributed by atoms with Gasteiger partial charge < -0.3 is 5.11 Å². The van der Waals surface area contributed by atoms with Gasteiger partial charge in [0.25, 0.3) is 0 Å². The Balaban J connectivity index is 1.96. The Hall–Kier alpha value is -0.570. The molecule has 1 N–H and O–H groups in total. The molecule has 2 aliphatic rings. The predicted molar refractivity (Wildman–Crippen MR) is 72.4 cm³/mol. The van der Waals surface area contributed by atoms with Gasteiger partial charge in [-0.3, -0.25) is 9.69 Å². The Morgan fingerprint density at radius 3 is 2.44 bits per heavy atom. The molecule has 0 radical (unpaired) electrons. The van der Waals surface area contributed by atoms with Gasteiger partial charge in [0.15, 0.2) is 0 Å². The van der Waals surface area contributed by atoms with Crippen LogP contribution in [0, 0.1) is 23.7 Å². The standard InChI is InChI=1S/C15H27NO2/c1-10-4-5-11(2)14(8-10)16-7-6-13(15(17)18)12(3)9-16/h10-14H,4-9H2,1-3H3,(H,17,18). The van der Waals surface area contributed by atoms with E-state index in [1.165, 1.54) is 19.3 Å². The van der Waals surface area contributed by atoms with Crippen molar-refractivity contribution >= 4 is 5.97 Å². The summed E-state index contributed by atoms with van der Waals surface area (Å²) in [6.07, 6.45) is 4.82. The fourth-order valence-electron chi connectivity index (χ4n) is 3.86. The Morgan fingerprint density at radius 1 is 1.11 bits per heavy atom. The maximum absolute atomic E-state index is 11.1. The Bertz CT molecular complexity index is 305. The van der Waals surface area contributed by atoms with Crippen molar-refractivity contribution in [3.63, 3.8) is 0 Å².